The molecule has 0 radical (unpaired) electrons. The molecule has 3 aromatic rings. The Kier molecular flexibility index (Phi) is 5.40. The van der Waals surface area contributed by atoms with Crippen molar-refractivity contribution in [3.05, 3.63) is 84.2 Å². The van der Waals surface area contributed by atoms with Gasteiger partial charge in [0.25, 0.3) is 5.56 Å². The van der Waals surface area contributed by atoms with Crippen molar-refractivity contribution < 1.29 is 9.53 Å². The fourth-order valence-electron chi connectivity index (χ4n) is 2.44. The van der Waals surface area contributed by atoms with E-state index in [0.29, 0.717) is 25.5 Å². The summed E-state index contributed by atoms with van der Waals surface area (Å²) in [6.45, 7) is 0. The topological polar surface area (TPSA) is 48.3 Å². The predicted molar refractivity (Wildman–Crippen MR) is 106 cm³/mol. The van der Waals surface area contributed by atoms with Crippen molar-refractivity contribution in [3.63, 3.8) is 0 Å². The van der Waals surface area contributed by atoms with Crippen LogP contribution in [0.25, 0.3) is 12.2 Å². The van der Waals surface area contributed by atoms with Crippen molar-refractivity contribution in [2.24, 2.45) is 7.05 Å². The van der Waals surface area contributed by atoms with Crippen LogP contribution in [0.1, 0.15) is 15.9 Å². The molecule has 3 rings (SSSR count). The lowest BCUT2D eigenvalue weighted by atomic mass is 10.1. The summed E-state index contributed by atoms with van der Waals surface area (Å²) in [7, 11) is 3.24. The summed E-state index contributed by atoms with van der Waals surface area (Å²) < 4.78 is 7.90. The molecule has 0 amide bonds. The second-order valence-corrected chi connectivity index (χ2v) is 7.07. The minimum atomic E-state index is -0.178. The van der Waals surface area contributed by atoms with Gasteiger partial charge in [0.05, 0.1) is 11.6 Å². The lowest BCUT2D eigenvalue weighted by Gasteiger charge is -2.02. The molecular weight excluding hydrogens is 370 g/mol. The first kappa shape index (κ1) is 18.2. The van der Waals surface area contributed by atoms with Crippen LogP contribution in [0, 0.1) is 0 Å². The number of rotatable bonds is 4. The van der Waals surface area contributed by atoms with Gasteiger partial charge in [-0.15, -0.1) is 11.3 Å². The highest BCUT2D eigenvalue weighted by Gasteiger charge is 2.06. The molecule has 0 N–H and O–H groups in total. The molecule has 0 aliphatic carbocycles. The molecule has 6 heteroatoms. The summed E-state index contributed by atoms with van der Waals surface area (Å²) in [5.74, 6) is 0.507. The molecule has 132 valence electrons. The number of Topliss-reactive ketones (excluding diaryl/α,β-unsaturated/α-hetero) is 1. The summed E-state index contributed by atoms with van der Waals surface area (Å²) in [5.41, 5.74) is 1.17. The van der Waals surface area contributed by atoms with Gasteiger partial charge >= 0.3 is 0 Å². The van der Waals surface area contributed by atoms with E-state index >= 15 is 0 Å². The molecule has 0 aliphatic heterocycles. The zero-order valence-electron chi connectivity index (χ0n) is 14.2. The second kappa shape index (κ2) is 7.72. The highest BCUT2D eigenvalue weighted by atomic mass is 35.5. The first-order chi connectivity index (χ1) is 12.5. The van der Waals surface area contributed by atoms with Crippen molar-refractivity contribution >= 4 is 40.9 Å². The Morgan fingerprint density at radius 1 is 1.15 bits per heavy atom. The normalized spacial score (nSPS) is 12.4. The van der Waals surface area contributed by atoms with Crippen LogP contribution in [0.2, 0.25) is 5.02 Å². The van der Waals surface area contributed by atoms with E-state index in [1.807, 2.05) is 24.3 Å². The molecule has 0 saturated heterocycles. The predicted octanol–water partition coefficient (Wildman–Crippen LogP) is 2.60. The maximum absolute atomic E-state index is 12.5. The Labute approximate surface area is 159 Å². The number of aromatic nitrogens is 1. The third kappa shape index (κ3) is 3.79. The first-order valence-corrected chi connectivity index (χ1v) is 9.01. The molecular formula is C20H16ClNO3S. The van der Waals surface area contributed by atoms with Crippen molar-refractivity contribution in [1.82, 2.24) is 4.57 Å². The molecule has 26 heavy (non-hydrogen) atoms. The number of para-hydroxylation sites is 1. The minimum Gasteiger partial charge on any atom is -0.496 e. The van der Waals surface area contributed by atoms with E-state index in [1.54, 1.807) is 44.5 Å². The number of ketones is 1. The number of hydrogen-bond acceptors (Lipinski definition) is 4. The summed E-state index contributed by atoms with van der Waals surface area (Å²) >= 11 is 7.11. The average Bonchev–Trinajstić information content (AvgIpc) is 2.90. The standard InChI is InChI=1S/C20H16ClNO3S/c1-22-19(12-16(23)13-7-9-15(21)10-8-13)26-18(20(22)24)11-14-5-3-4-6-17(14)25-2/h3-12H,1-2H3/b18-11-,19-12-. The van der Waals surface area contributed by atoms with Crippen LogP contribution in [0.5, 0.6) is 5.75 Å². The Morgan fingerprint density at radius 3 is 2.54 bits per heavy atom. The molecule has 4 nitrogen and oxygen atoms in total. The number of methoxy groups -OCH3 is 1. The summed E-state index contributed by atoms with van der Waals surface area (Å²) in [6.07, 6.45) is 3.24. The van der Waals surface area contributed by atoms with Crippen LogP contribution in [-0.4, -0.2) is 17.5 Å². The van der Waals surface area contributed by atoms with Crippen molar-refractivity contribution in [1.29, 1.82) is 0 Å². The van der Waals surface area contributed by atoms with E-state index in [-0.39, 0.29) is 11.3 Å². The molecule has 1 aromatic heterocycles. The fourth-order valence-corrected chi connectivity index (χ4v) is 3.59. The Hall–Kier alpha value is -2.63. The van der Waals surface area contributed by atoms with Gasteiger partial charge in [0.2, 0.25) is 0 Å². The average molecular weight is 386 g/mol. The zero-order chi connectivity index (χ0) is 18.7. The lowest BCUT2D eigenvalue weighted by Crippen LogP contribution is -2.29. The van der Waals surface area contributed by atoms with Gasteiger partial charge in [-0.25, -0.2) is 0 Å². The second-order valence-electron chi connectivity index (χ2n) is 5.57. The zero-order valence-corrected chi connectivity index (χ0v) is 15.8. The molecule has 2 aromatic carbocycles. The lowest BCUT2D eigenvalue weighted by molar-refractivity contribution is 0.106. The summed E-state index contributed by atoms with van der Waals surface area (Å²) in [5, 5.41) is 0.568. The molecule has 0 atom stereocenters. The van der Waals surface area contributed by atoms with E-state index in [2.05, 4.69) is 0 Å². The highest BCUT2D eigenvalue weighted by molar-refractivity contribution is 7.07. The van der Waals surface area contributed by atoms with Crippen LogP contribution in [0.3, 0.4) is 0 Å². The molecule has 0 fully saturated rings. The quantitative estimate of drug-likeness (QED) is 0.649. The highest BCUT2D eigenvalue weighted by Crippen LogP contribution is 2.17. The van der Waals surface area contributed by atoms with Gasteiger partial charge < -0.3 is 9.30 Å². The van der Waals surface area contributed by atoms with Crippen LogP contribution >= 0.6 is 22.9 Å². The third-order valence-electron chi connectivity index (χ3n) is 3.87. The van der Waals surface area contributed by atoms with Gasteiger partial charge in [0.15, 0.2) is 5.78 Å². The number of hydrogen-bond donors (Lipinski definition) is 0. The largest absolute Gasteiger partial charge is 0.496 e. The van der Waals surface area contributed by atoms with Gasteiger partial charge in [-0.05, 0) is 36.4 Å². The number of ether oxygens (including phenoxy) is 1. The molecule has 1 heterocycles. The minimum absolute atomic E-state index is 0.156. The SMILES string of the molecule is COc1ccccc1/C=c1\s/c(=C\C(=O)c2ccc(Cl)cc2)n(C)c1=O. The molecule has 0 unspecified atom stereocenters. The fraction of sp³-hybridized carbons (Fsp3) is 0.100. The Bertz CT molecular complexity index is 1130. The maximum Gasteiger partial charge on any atom is 0.268 e. The maximum atomic E-state index is 12.5. The van der Waals surface area contributed by atoms with Crippen molar-refractivity contribution in [3.8, 4) is 5.75 Å². The van der Waals surface area contributed by atoms with Crippen molar-refractivity contribution in [2.45, 2.75) is 0 Å². The van der Waals surface area contributed by atoms with E-state index < -0.39 is 0 Å². The number of nitrogens with zero attached hydrogens (tertiary/aromatic N) is 1. The van der Waals surface area contributed by atoms with Gasteiger partial charge in [0, 0.05) is 29.3 Å². The third-order valence-corrected chi connectivity index (χ3v) is 5.23. The molecule has 0 bridgehead atoms. The Morgan fingerprint density at radius 2 is 1.85 bits per heavy atom. The van der Waals surface area contributed by atoms with E-state index in [0.717, 1.165) is 5.56 Å². The van der Waals surface area contributed by atoms with Crippen LogP contribution in [-0.2, 0) is 7.05 Å². The number of benzene rings is 2. The summed E-state index contributed by atoms with van der Waals surface area (Å²) in [4.78, 5) is 24.9. The van der Waals surface area contributed by atoms with Gasteiger partial charge in [0.1, 0.15) is 10.4 Å². The van der Waals surface area contributed by atoms with Gasteiger partial charge in [-0.1, -0.05) is 29.8 Å². The number of carbonyl (C=O) groups is 1. The molecule has 0 saturated carbocycles. The number of halogens is 1. The molecule has 0 aliphatic rings. The van der Waals surface area contributed by atoms with Crippen LogP contribution in [0.4, 0.5) is 0 Å². The van der Waals surface area contributed by atoms with E-state index in [9.17, 15) is 9.59 Å². The van der Waals surface area contributed by atoms with Crippen LogP contribution < -0.4 is 19.5 Å². The summed E-state index contributed by atoms with van der Waals surface area (Å²) in [6, 6.07) is 14.1. The van der Waals surface area contributed by atoms with Crippen LogP contribution in [0.15, 0.2) is 53.3 Å². The Balaban J connectivity index is 2.07. The van der Waals surface area contributed by atoms with Crippen molar-refractivity contribution in [2.75, 3.05) is 7.11 Å². The first-order valence-electron chi connectivity index (χ1n) is 7.82. The number of thiazole rings is 1. The van der Waals surface area contributed by atoms with E-state index in [4.69, 9.17) is 16.3 Å². The number of carbonyl (C=O) groups excluding carboxylic acids is 1. The smallest absolute Gasteiger partial charge is 0.268 e. The monoisotopic (exact) mass is 385 g/mol. The van der Waals surface area contributed by atoms with Gasteiger partial charge in [-0.2, -0.15) is 0 Å². The van der Waals surface area contributed by atoms with E-state index in [1.165, 1.54) is 22.0 Å². The molecule has 0 spiro atoms. The van der Waals surface area contributed by atoms with Gasteiger partial charge in [-0.3, -0.25) is 9.59 Å².